The van der Waals surface area contributed by atoms with Crippen LogP contribution in [-0.2, 0) is 10.1 Å². The highest BCUT2D eigenvalue weighted by molar-refractivity contribution is 7.85. The van der Waals surface area contributed by atoms with Crippen LogP contribution in [0.2, 0.25) is 0 Å². The number of nitrogens with two attached hydrogens (primary N) is 2. The average molecular weight is 234 g/mol. The Labute approximate surface area is 83.6 Å². The molecule has 0 aliphatic carbocycles. The fourth-order valence-corrected chi connectivity index (χ4v) is 1.49. The molecule has 15 heavy (non-hydrogen) atoms. The number of nitro groups is 1. The van der Waals surface area contributed by atoms with Gasteiger partial charge < -0.3 is 11.5 Å². The minimum Gasteiger partial charge on any atom is -0.396 e. The van der Waals surface area contributed by atoms with Crippen molar-refractivity contribution >= 4 is 27.2 Å². The molecule has 0 aliphatic rings. The van der Waals surface area contributed by atoms with E-state index in [9.17, 15) is 18.5 Å². The molecule has 1 aromatic heterocycles. The third-order valence-electron chi connectivity index (χ3n) is 1.52. The van der Waals surface area contributed by atoms with Crippen LogP contribution in [0, 0.1) is 10.1 Å². The topological polar surface area (TPSA) is 162 Å². The summed E-state index contributed by atoms with van der Waals surface area (Å²) in [6.07, 6.45) is 0.811. The third kappa shape index (κ3) is 1.94. The Morgan fingerprint density at radius 3 is 2.40 bits per heavy atom. The van der Waals surface area contributed by atoms with E-state index in [1.165, 1.54) is 0 Å². The zero-order valence-electron chi connectivity index (χ0n) is 7.11. The van der Waals surface area contributed by atoms with Gasteiger partial charge in [0.25, 0.3) is 5.03 Å². The normalized spacial score (nSPS) is 11.3. The number of anilines is 2. The van der Waals surface area contributed by atoms with Crippen molar-refractivity contribution in [3.8, 4) is 0 Å². The maximum atomic E-state index is 10.7. The minimum absolute atomic E-state index is 0.242. The highest BCUT2D eigenvalue weighted by atomic mass is 32.2. The van der Waals surface area contributed by atoms with Crippen molar-refractivity contribution in [2.24, 2.45) is 0 Å². The Balaban J connectivity index is 3.70. The van der Waals surface area contributed by atoms with E-state index in [0.29, 0.717) is 0 Å². The van der Waals surface area contributed by atoms with E-state index in [2.05, 4.69) is 4.98 Å². The highest BCUT2D eigenvalue weighted by Gasteiger charge is 2.30. The standard InChI is InChI=1S/C5H6N4O5S/c6-2-1-8-5(15(12,13)14)4(3(2)7)9(10)11/h1H,6H2,(H2,7,8)(H,12,13,14). The van der Waals surface area contributed by atoms with Crippen LogP contribution >= 0.6 is 0 Å². The maximum Gasteiger partial charge on any atom is 0.333 e. The molecule has 0 spiro atoms. The number of hydrogen-bond acceptors (Lipinski definition) is 7. The number of nitrogens with zero attached hydrogens (tertiary/aromatic N) is 2. The summed E-state index contributed by atoms with van der Waals surface area (Å²) >= 11 is 0. The number of pyridine rings is 1. The second-order valence-electron chi connectivity index (χ2n) is 2.51. The molecule has 0 saturated heterocycles. The molecular weight excluding hydrogens is 228 g/mol. The van der Waals surface area contributed by atoms with Gasteiger partial charge in [0, 0.05) is 0 Å². The van der Waals surface area contributed by atoms with Crippen molar-refractivity contribution in [3.63, 3.8) is 0 Å². The molecule has 1 heterocycles. The van der Waals surface area contributed by atoms with Gasteiger partial charge in [-0.25, -0.2) is 4.98 Å². The highest BCUT2D eigenvalue weighted by Crippen LogP contribution is 2.31. The summed E-state index contributed by atoms with van der Waals surface area (Å²) in [7, 11) is -4.81. The van der Waals surface area contributed by atoms with E-state index in [1.54, 1.807) is 0 Å². The van der Waals surface area contributed by atoms with E-state index in [4.69, 9.17) is 16.0 Å². The monoisotopic (exact) mass is 234 g/mol. The first-order valence-electron chi connectivity index (χ1n) is 3.41. The lowest BCUT2D eigenvalue weighted by atomic mass is 10.3. The van der Waals surface area contributed by atoms with Crippen molar-refractivity contribution in [1.82, 2.24) is 4.98 Å². The number of nitrogen functional groups attached to an aromatic ring is 2. The maximum absolute atomic E-state index is 10.7. The zero-order chi connectivity index (χ0) is 11.8. The van der Waals surface area contributed by atoms with Gasteiger partial charge >= 0.3 is 15.8 Å². The first-order valence-corrected chi connectivity index (χ1v) is 4.85. The van der Waals surface area contributed by atoms with Crippen LogP contribution in [0.4, 0.5) is 17.1 Å². The van der Waals surface area contributed by atoms with Crippen molar-refractivity contribution in [2.45, 2.75) is 5.03 Å². The van der Waals surface area contributed by atoms with Gasteiger partial charge in [0.2, 0.25) is 0 Å². The van der Waals surface area contributed by atoms with E-state index in [1.807, 2.05) is 0 Å². The summed E-state index contributed by atoms with van der Waals surface area (Å²) < 4.78 is 30.1. The molecule has 0 bridgehead atoms. The quantitative estimate of drug-likeness (QED) is 0.347. The second-order valence-corrected chi connectivity index (χ2v) is 3.85. The average Bonchev–Trinajstić information content (AvgIpc) is 2.06. The molecule has 0 aromatic carbocycles. The molecule has 0 radical (unpaired) electrons. The molecule has 5 N–H and O–H groups in total. The summed E-state index contributed by atoms with van der Waals surface area (Å²) in [5.74, 6) is 0. The smallest absolute Gasteiger partial charge is 0.333 e. The molecule has 0 aliphatic heterocycles. The Bertz CT molecular complexity index is 524. The van der Waals surface area contributed by atoms with Gasteiger partial charge in [-0.3, -0.25) is 14.7 Å². The van der Waals surface area contributed by atoms with Crippen LogP contribution < -0.4 is 11.5 Å². The molecule has 0 atom stereocenters. The van der Waals surface area contributed by atoms with Crippen molar-refractivity contribution in [3.05, 3.63) is 16.3 Å². The van der Waals surface area contributed by atoms with Crippen LogP contribution in [0.15, 0.2) is 11.2 Å². The predicted octanol–water partition coefficient (Wildman–Crippen LogP) is -0.599. The molecule has 9 nitrogen and oxygen atoms in total. The fourth-order valence-electron chi connectivity index (χ4n) is 0.876. The lowest BCUT2D eigenvalue weighted by molar-refractivity contribution is -0.387. The lowest BCUT2D eigenvalue weighted by Gasteiger charge is -2.03. The van der Waals surface area contributed by atoms with E-state index >= 15 is 0 Å². The Morgan fingerprint density at radius 2 is 2.00 bits per heavy atom. The molecule has 0 fully saturated rings. The van der Waals surface area contributed by atoms with E-state index in [0.717, 1.165) is 6.20 Å². The lowest BCUT2D eigenvalue weighted by Crippen LogP contribution is -2.10. The van der Waals surface area contributed by atoms with Crippen LogP contribution in [0.1, 0.15) is 0 Å². The molecule has 0 saturated carbocycles. The van der Waals surface area contributed by atoms with Crippen LogP contribution in [0.25, 0.3) is 0 Å². The molecule has 1 rings (SSSR count). The first kappa shape index (κ1) is 11.1. The number of aromatic nitrogens is 1. The van der Waals surface area contributed by atoms with Crippen LogP contribution in [-0.4, -0.2) is 22.9 Å². The predicted molar refractivity (Wildman–Crippen MR) is 49.5 cm³/mol. The van der Waals surface area contributed by atoms with Gasteiger partial charge in [-0.05, 0) is 0 Å². The van der Waals surface area contributed by atoms with Gasteiger partial charge in [0.15, 0.2) is 0 Å². The Morgan fingerprint density at radius 1 is 1.47 bits per heavy atom. The molecule has 0 unspecified atom stereocenters. The van der Waals surface area contributed by atoms with Gasteiger partial charge in [0.05, 0.1) is 16.8 Å². The van der Waals surface area contributed by atoms with E-state index in [-0.39, 0.29) is 5.69 Å². The van der Waals surface area contributed by atoms with E-state index < -0.39 is 31.4 Å². The van der Waals surface area contributed by atoms with Gasteiger partial charge in [-0.2, -0.15) is 8.42 Å². The summed E-state index contributed by atoms with van der Waals surface area (Å²) in [6, 6.07) is 0. The van der Waals surface area contributed by atoms with Gasteiger partial charge in [0.1, 0.15) is 5.69 Å². The SMILES string of the molecule is Nc1cnc(S(=O)(=O)O)c([N+](=O)[O-])c1N. The van der Waals surface area contributed by atoms with Crippen LogP contribution in [0.3, 0.4) is 0 Å². The summed E-state index contributed by atoms with van der Waals surface area (Å²) in [4.78, 5) is 12.6. The Hall–Kier alpha value is -1.94. The third-order valence-corrected chi connectivity index (χ3v) is 2.30. The minimum atomic E-state index is -4.81. The Kier molecular flexibility index (Phi) is 2.47. The van der Waals surface area contributed by atoms with Crippen molar-refractivity contribution in [1.29, 1.82) is 0 Å². The zero-order valence-corrected chi connectivity index (χ0v) is 7.93. The molecule has 10 heteroatoms. The molecular formula is C5H6N4O5S. The molecule has 82 valence electrons. The summed E-state index contributed by atoms with van der Waals surface area (Å²) in [6.45, 7) is 0. The van der Waals surface area contributed by atoms with Crippen molar-refractivity contribution in [2.75, 3.05) is 11.5 Å². The fraction of sp³-hybridized carbons (Fsp3) is 0. The van der Waals surface area contributed by atoms with Crippen LogP contribution in [0.5, 0.6) is 0 Å². The van der Waals surface area contributed by atoms with Crippen molar-refractivity contribution < 1.29 is 17.9 Å². The largest absolute Gasteiger partial charge is 0.396 e. The summed E-state index contributed by atoms with van der Waals surface area (Å²) in [5, 5.41) is 9.37. The molecule has 1 aromatic rings. The summed E-state index contributed by atoms with van der Waals surface area (Å²) in [5.41, 5.74) is 8.58. The van der Waals surface area contributed by atoms with Gasteiger partial charge in [-0.15, -0.1) is 0 Å². The van der Waals surface area contributed by atoms with Gasteiger partial charge in [-0.1, -0.05) is 0 Å². The first-order chi connectivity index (χ1) is 6.75. The second kappa shape index (κ2) is 3.33. The number of hydrogen-bond donors (Lipinski definition) is 3. The number of rotatable bonds is 2. The molecule has 0 amide bonds.